The molecule has 3 heteroatoms. The molecule has 0 atom stereocenters. The zero-order valence-electron chi connectivity index (χ0n) is 17.8. The van der Waals surface area contributed by atoms with E-state index in [1.807, 2.05) is 0 Å². The highest BCUT2D eigenvalue weighted by molar-refractivity contribution is 6.78. The van der Waals surface area contributed by atoms with Gasteiger partial charge in [0.1, 0.15) is 0 Å². The average molecular weight is 416 g/mol. The number of aromatic nitrogens is 2. The molecule has 4 heterocycles. The Kier molecular flexibility index (Phi) is 2.68. The Bertz CT molecular complexity index is 1850. The van der Waals surface area contributed by atoms with Crippen molar-refractivity contribution in [3.05, 3.63) is 103 Å². The molecule has 0 fully saturated rings. The Hall–Kier alpha value is -4.24. The average Bonchev–Trinajstić information content (AvgIpc) is 3.39. The van der Waals surface area contributed by atoms with Crippen LogP contribution < -0.4 is 5.46 Å². The topological polar surface area (TPSA) is 9.86 Å². The maximum Gasteiger partial charge on any atom is 0.422 e. The van der Waals surface area contributed by atoms with Gasteiger partial charge >= 0.3 is 6.98 Å². The second-order valence-electron chi connectivity index (χ2n) is 9.32. The molecule has 0 aliphatic carbocycles. The van der Waals surface area contributed by atoms with E-state index in [9.17, 15) is 0 Å². The first-order chi connectivity index (χ1) is 16.4. The number of hydrogen-bond donors (Lipinski definition) is 0. The first kappa shape index (κ1) is 16.4. The number of para-hydroxylation sites is 4. The minimum absolute atomic E-state index is 0.0887. The fraction of sp³-hybridized carbons (Fsp3) is 0. The molecule has 7 aromatic rings. The molecule has 2 aromatic heterocycles. The van der Waals surface area contributed by atoms with E-state index in [1.165, 1.54) is 71.3 Å². The van der Waals surface area contributed by atoms with Gasteiger partial charge in [-0.05, 0) is 28.7 Å². The molecular weight excluding hydrogens is 399 g/mol. The quantitative estimate of drug-likeness (QED) is 0.245. The fourth-order valence-corrected chi connectivity index (χ4v) is 6.73. The molecule has 0 radical (unpaired) electrons. The van der Waals surface area contributed by atoms with Gasteiger partial charge in [-0.1, -0.05) is 91.0 Å². The van der Waals surface area contributed by atoms with E-state index >= 15 is 0 Å². The molecule has 0 unspecified atom stereocenters. The van der Waals surface area contributed by atoms with Crippen molar-refractivity contribution in [3.63, 3.8) is 0 Å². The van der Waals surface area contributed by atoms with Crippen molar-refractivity contribution in [2.45, 2.75) is 0 Å². The van der Waals surface area contributed by atoms with Gasteiger partial charge in [0.05, 0.1) is 0 Å². The van der Waals surface area contributed by atoms with Gasteiger partial charge in [-0.15, -0.1) is 0 Å². The highest BCUT2D eigenvalue weighted by Crippen LogP contribution is 2.45. The van der Waals surface area contributed by atoms with Crippen molar-refractivity contribution in [1.29, 1.82) is 0 Å². The highest BCUT2D eigenvalue weighted by Gasteiger charge is 2.41. The molecule has 2 nitrogen and oxygen atoms in total. The van der Waals surface area contributed by atoms with Gasteiger partial charge in [0, 0.05) is 54.7 Å². The molecular formula is C30H17BN2. The van der Waals surface area contributed by atoms with Gasteiger partial charge in [-0.3, -0.25) is 0 Å². The van der Waals surface area contributed by atoms with Crippen LogP contribution in [0.15, 0.2) is 103 Å². The van der Waals surface area contributed by atoms with Crippen molar-refractivity contribution in [2.24, 2.45) is 0 Å². The molecule has 150 valence electrons. The second-order valence-corrected chi connectivity index (χ2v) is 9.32. The van der Waals surface area contributed by atoms with Crippen molar-refractivity contribution < 1.29 is 0 Å². The summed E-state index contributed by atoms with van der Waals surface area (Å²) in [6.07, 6.45) is 0. The summed E-state index contributed by atoms with van der Waals surface area (Å²) in [7, 11) is 0. The largest absolute Gasteiger partial charge is 0.422 e. The Morgan fingerprint density at radius 1 is 0.394 bits per heavy atom. The van der Waals surface area contributed by atoms with E-state index < -0.39 is 0 Å². The number of hydrogen-bond acceptors (Lipinski definition) is 0. The van der Waals surface area contributed by atoms with Crippen molar-refractivity contribution in [2.75, 3.05) is 0 Å². The number of rotatable bonds is 0. The standard InChI is InChI=1S/C30H17BN2/c1-3-16-26-18(8-1)22-12-6-14-24-20-10-5-11-21-25-15-7-13-23-19-9-2-4-17-27(19)33(30(23)25)31(28(20)21)32(26)29(22)24/h1-17H. The summed E-state index contributed by atoms with van der Waals surface area (Å²) >= 11 is 0. The summed E-state index contributed by atoms with van der Waals surface area (Å²) in [5, 5.41) is 5.34. The molecule has 0 N–H and O–H groups in total. The van der Waals surface area contributed by atoms with Crippen molar-refractivity contribution >= 4 is 56.1 Å². The van der Waals surface area contributed by atoms with Crippen LogP contribution in [0.3, 0.4) is 0 Å². The first-order valence-electron chi connectivity index (χ1n) is 11.6. The van der Waals surface area contributed by atoms with Crippen molar-refractivity contribution in [1.82, 2.24) is 8.96 Å². The van der Waals surface area contributed by atoms with Gasteiger partial charge in [0.2, 0.25) is 0 Å². The van der Waals surface area contributed by atoms with Crippen LogP contribution in [-0.4, -0.2) is 15.9 Å². The Morgan fingerprint density at radius 3 is 1.36 bits per heavy atom. The lowest BCUT2D eigenvalue weighted by Crippen LogP contribution is -2.50. The van der Waals surface area contributed by atoms with Crippen LogP contribution in [0.2, 0.25) is 0 Å². The Morgan fingerprint density at radius 2 is 0.818 bits per heavy atom. The Balaban J connectivity index is 1.62. The number of benzene rings is 5. The first-order valence-corrected chi connectivity index (χ1v) is 11.6. The summed E-state index contributed by atoms with van der Waals surface area (Å²) < 4.78 is 5.21. The van der Waals surface area contributed by atoms with E-state index in [-0.39, 0.29) is 6.98 Å². The third-order valence-electron chi connectivity index (χ3n) is 7.90. The van der Waals surface area contributed by atoms with Gasteiger partial charge in [-0.2, -0.15) is 0 Å². The lowest BCUT2D eigenvalue weighted by atomic mass is 9.57. The predicted molar refractivity (Wildman–Crippen MR) is 140 cm³/mol. The zero-order chi connectivity index (χ0) is 21.3. The minimum atomic E-state index is 0.0887. The van der Waals surface area contributed by atoms with Crippen LogP contribution in [0.25, 0.3) is 65.9 Å². The molecule has 0 amide bonds. The summed E-state index contributed by atoms with van der Waals surface area (Å²) in [6, 6.07) is 38.3. The predicted octanol–water partition coefficient (Wildman–Crippen LogP) is 6.66. The summed E-state index contributed by atoms with van der Waals surface area (Å²) in [4.78, 5) is 0. The lowest BCUT2D eigenvalue weighted by Gasteiger charge is -2.34. The zero-order valence-corrected chi connectivity index (χ0v) is 17.8. The fourth-order valence-electron chi connectivity index (χ4n) is 6.73. The van der Waals surface area contributed by atoms with Crippen LogP contribution in [0, 0.1) is 0 Å². The van der Waals surface area contributed by atoms with E-state index in [1.54, 1.807) is 0 Å². The van der Waals surface area contributed by atoms with Gasteiger partial charge in [0.15, 0.2) is 0 Å². The number of fused-ring (bicyclic) bond motifs is 10. The molecule has 0 spiro atoms. The van der Waals surface area contributed by atoms with Gasteiger partial charge in [-0.25, -0.2) is 0 Å². The summed E-state index contributed by atoms with van der Waals surface area (Å²) in [6.45, 7) is 0.0887. The SMILES string of the molecule is c1cc2c3c(c1)-c1cccc4c5ccccc5n(c14)B3n1c3ccccc3c3cccc-2c31. The maximum absolute atomic E-state index is 2.60. The molecule has 0 saturated heterocycles. The Labute approximate surface area is 190 Å². The molecule has 33 heavy (non-hydrogen) atoms. The van der Waals surface area contributed by atoms with Crippen LogP contribution in [0.4, 0.5) is 0 Å². The van der Waals surface area contributed by atoms with E-state index in [0.29, 0.717) is 0 Å². The lowest BCUT2D eigenvalue weighted by molar-refractivity contribution is 1.18. The maximum atomic E-state index is 2.60. The van der Waals surface area contributed by atoms with E-state index in [4.69, 9.17) is 0 Å². The molecule has 2 aliphatic heterocycles. The van der Waals surface area contributed by atoms with E-state index in [2.05, 4.69) is 112 Å². The van der Waals surface area contributed by atoms with Crippen LogP contribution in [-0.2, 0) is 0 Å². The van der Waals surface area contributed by atoms with Gasteiger partial charge < -0.3 is 8.96 Å². The van der Waals surface area contributed by atoms with Crippen molar-refractivity contribution in [3.8, 4) is 22.3 Å². The van der Waals surface area contributed by atoms with Crippen LogP contribution >= 0.6 is 0 Å². The monoisotopic (exact) mass is 416 g/mol. The van der Waals surface area contributed by atoms with Crippen LogP contribution in [0.5, 0.6) is 0 Å². The summed E-state index contributed by atoms with van der Waals surface area (Å²) in [5.41, 5.74) is 12.1. The molecule has 0 saturated carbocycles. The molecule has 9 rings (SSSR count). The second kappa shape index (κ2) is 5.39. The normalized spacial score (nSPS) is 13.4. The third kappa shape index (κ3) is 1.71. The van der Waals surface area contributed by atoms with Crippen LogP contribution in [0.1, 0.15) is 0 Å². The van der Waals surface area contributed by atoms with Gasteiger partial charge in [0.25, 0.3) is 0 Å². The molecule has 0 bridgehead atoms. The molecule has 2 aliphatic rings. The third-order valence-corrected chi connectivity index (χ3v) is 7.90. The molecule has 5 aromatic carbocycles. The number of nitrogens with zero attached hydrogens (tertiary/aromatic N) is 2. The van der Waals surface area contributed by atoms with E-state index in [0.717, 1.165) is 0 Å². The summed E-state index contributed by atoms with van der Waals surface area (Å²) in [5.74, 6) is 0. The minimum Gasteiger partial charge on any atom is -0.360 e. The highest BCUT2D eigenvalue weighted by atomic mass is 15.1. The smallest absolute Gasteiger partial charge is 0.360 e.